The molecule has 0 spiro atoms. The van der Waals surface area contributed by atoms with Gasteiger partial charge in [0.1, 0.15) is 5.82 Å². The number of H-pyrrole nitrogens is 1. The summed E-state index contributed by atoms with van der Waals surface area (Å²) in [5, 5.41) is 0.601. The van der Waals surface area contributed by atoms with Gasteiger partial charge in [0.25, 0.3) is 5.56 Å². The summed E-state index contributed by atoms with van der Waals surface area (Å²) in [7, 11) is 2.08. The van der Waals surface area contributed by atoms with Gasteiger partial charge >= 0.3 is 0 Å². The zero-order chi connectivity index (χ0) is 17.1. The maximum atomic E-state index is 12.4. The van der Waals surface area contributed by atoms with Gasteiger partial charge in [-0.3, -0.25) is 9.59 Å². The van der Waals surface area contributed by atoms with Gasteiger partial charge in [0.15, 0.2) is 0 Å². The first-order chi connectivity index (χ1) is 11.5. The number of rotatable bonds is 4. The number of likely N-dealkylation sites (N-methyl/N-ethyl adjacent to an activating group) is 1. The Labute approximate surface area is 141 Å². The minimum Gasteiger partial charge on any atom is -0.337 e. The summed E-state index contributed by atoms with van der Waals surface area (Å²) in [5.74, 6) is 0.844. The number of aryl methyl sites for hydroxylation is 1. The molecule has 1 aliphatic heterocycles. The molecule has 2 heterocycles. The highest BCUT2D eigenvalue weighted by Gasteiger charge is 2.25. The number of carbonyl (C=O) groups is 1. The van der Waals surface area contributed by atoms with Crippen molar-refractivity contribution in [1.82, 2.24) is 19.8 Å². The van der Waals surface area contributed by atoms with Crippen molar-refractivity contribution in [2.24, 2.45) is 0 Å². The number of para-hydroxylation sites is 1. The van der Waals surface area contributed by atoms with Gasteiger partial charge in [-0.15, -0.1) is 0 Å². The van der Waals surface area contributed by atoms with Crippen molar-refractivity contribution < 1.29 is 4.79 Å². The number of piperazine rings is 1. The van der Waals surface area contributed by atoms with Crippen LogP contribution in [0.3, 0.4) is 0 Å². The fourth-order valence-electron chi connectivity index (χ4n) is 3.31. The van der Waals surface area contributed by atoms with E-state index in [4.69, 9.17) is 0 Å². The van der Waals surface area contributed by atoms with Gasteiger partial charge in [0, 0.05) is 38.5 Å². The highest BCUT2D eigenvalue weighted by Crippen LogP contribution is 2.12. The Balaban J connectivity index is 1.58. The molecule has 1 unspecified atom stereocenters. The van der Waals surface area contributed by atoms with E-state index in [0.717, 1.165) is 19.6 Å². The number of nitrogens with zero attached hydrogens (tertiary/aromatic N) is 3. The second kappa shape index (κ2) is 7.13. The van der Waals surface area contributed by atoms with Gasteiger partial charge in [-0.05, 0) is 32.5 Å². The van der Waals surface area contributed by atoms with Crippen molar-refractivity contribution in [3.8, 4) is 0 Å². The van der Waals surface area contributed by atoms with Gasteiger partial charge in [-0.25, -0.2) is 4.98 Å². The molecule has 0 saturated carbocycles. The number of hydrogen-bond donors (Lipinski definition) is 1. The Bertz CT molecular complexity index is 786. The van der Waals surface area contributed by atoms with E-state index in [9.17, 15) is 9.59 Å². The van der Waals surface area contributed by atoms with E-state index in [1.165, 1.54) is 0 Å². The standard InChI is InChI=1S/C18H24N4O2/c1-13-12-21(2)10-11-22(13)17(23)9-5-8-16-19-15-7-4-3-6-14(15)18(24)20-16/h3-4,6-7,13H,5,8-12H2,1-2H3,(H,19,20,24). The lowest BCUT2D eigenvalue weighted by molar-refractivity contribution is -0.135. The number of amides is 1. The van der Waals surface area contributed by atoms with Crippen molar-refractivity contribution in [2.45, 2.75) is 32.2 Å². The summed E-state index contributed by atoms with van der Waals surface area (Å²) in [4.78, 5) is 36.0. The van der Waals surface area contributed by atoms with Crippen molar-refractivity contribution >= 4 is 16.8 Å². The number of nitrogens with one attached hydrogen (secondary N) is 1. The summed E-state index contributed by atoms with van der Waals surface area (Å²) in [5.41, 5.74) is 0.588. The van der Waals surface area contributed by atoms with E-state index < -0.39 is 0 Å². The molecule has 24 heavy (non-hydrogen) atoms. The Hall–Kier alpha value is -2.21. The van der Waals surface area contributed by atoms with E-state index in [1.54, 1.807) is 6.07 Å². The highest BCUT2D eigenvalue weighted by molar-refractivity contribution is 5.77. The van der Waals surface area contributed by atoms with Gasteiger partial charge in [-0.1, -0.05) is 12.1 Å². The van der Waals surface area contributed by atoms with E-state index in [-0.39, 0.29) is 17.5 Å². The van der Waals surface area contributed by atoms with E-state index >= 15 is 0 Å². The fourth-order valence-corrected chi connectivity index (χ4v) is 3.31. The van der Waals surface area contributed by atoms with Crippen LogP contribution < -0.4 is 5.56 Å². The molecule has 1 fully saturated rings. The zero-order valence-electron chi connectivity index (χ0n) is 14.3. The summed E-state index contributed by atoms with van der Waals surface area (Å²) >= 11 is 0. The topological polar surface area (TPSA) is 69.3 Å². The fraction of sp³-hybridized carbons (Fsp3) is 0.500. The number of benzene rings is 1. The van der Waals surface area contributed by atoms with Crippen molar-refractivity contribution in [3.63, 3.8) is 0 Å². The molecule has 128 valence electrons. The molecule has 1 aromatic heterocycles. The zero-order valence-corrected chi connectivity index (χ0v) is 14.3. The van der Waals surface area contributed by atoms with Crippen LogP contribution >= 0.6 is 0 Å². The molecule has 1 saturated heterocycles. The summed E-state index contributed by atoms with van der Waals surface area (Å²) < 4.78 is 0. The first kappa shape index (κ1) is 16.6. The molecule has 0 radical (unpaired) electrons. The van der Waals surface area contributed by atoms with Crippen molar-refractivity contribution in [2.75, 3.05) is 26.7 Å². The lowest BCUT2D eigenvalue weighted by Gasteiger charge is -2.38. The minimum atomic E-state index is -0.116. The quantitative estimate of drug-likeness (QED) is 0.921. The molecule has 1 amide bonds. The van der Waals surface area contributed by atoms with Gasteiger partial charge in [0.2, 0.25) is 5.91 Å². The lowest BCUT2D eigenvalue weighted by Crippen LogP contribution is -2.52. The molecule has 3 rings (SSSR count). The van der Waals surface area contributed by atoms with Gasteiger partial charge in [0.05, 0.1) is 10.9 Å². The number of aromatic nitrogens is 2. The van der Waals surface area contributed by atoms with E-state index in [2.05, 4.69) is 28.8 Å². The second-order valence-electron chi connectivity index (χ2n) is 6.58. The predicted octanol–water partition coefficient (Wildman–Crippen LogP) is 1.41. The molecule has 6 heteroatoms. The smallest absolute Gasteiger partial charge is 0.258 e. The summed E-state index contributed by atoms with van der Waals surface area (Å²) in [6.07, 6.45) is 1.79. The number of aromatic amines is 1. The van der Waals surface area contributed by atoms with Crippen LogP contribution in [-0.2, 0) is 11.2 Å². The normalized spacial score (nSPS) is 18.9. The highest BCUT2D eigenvalue weighted by atomic mass is 16.2. The van der Waals surface area contributed by atoms with E-state index in [0.29, 0.717) is 36.0 Å². The number of carbonyl (C=O) groups excluding carboxylic acids is 1. The first-order valence-corrected chi connectivity index (χ1v) is 8.50. The van der Waals surface area contributed by atoms with E-state index in [1.807, 2.05) is 23.1 Å². The summed E-state index contributed by atoms with van der Waals surface area (Å²) in [6, 6.07) is 7.56. The third-order valence-corrected chi connectivity index (χ3v) is 4.62. The van der Waals surface area contributed by atoms with Gasteiger partial charge < -0.3 is 14.8 Å². The molecular formula is C18H24N4O2. The van der Waals surface area contributed by atoms with Crippen LogP contribution in [0.2, 0.25) is 0 Å². The third-order valence-electron chi connectivity index (χ3n) is 4.62. The Morgan fingerprint density at radius 3 is 2.92 bits per heavy atom. The molecule has 1 aliphatic rings. The second-order valence-corrected chi connectivity index (χ2v) is 6.58. The molecule has 0 bridgehead atoms. The van der Waals surface area contributed by atoms with Crippen LogP contribution in [0.1, 0.15) is 25.6 Å². The average Bonchev–Trinajstić information content (AvgIpc) is 2.55. The van der Waals surface area contributed by atoms with Crippen LogP contribution in [0.5, 0.6) is 0 Å². The van der Waals surface area contributed by atoms with Crippen LogP contribution in [-0.4, -0.2) is 58.4 Å². The number of fused-ring (bicyclic) bond motifs is 1. The maximum absolute atomic E-state index is 12.4. The SMILES string of the molecule is CC1CN(C)CCN1C(=O)CCCc1nc2ccccc2c(=O)[nH]1. The Morgan fingerprint density at radius 2 is 2.12 bits per heavy atom. The van der Waals surface area contributed by atoms with Crippen LogP contribution in [0.15, 0.2) is 29.1 Å². The van der Waals surface area contributed by atoms with Crippen LogP contribution in [0, 0.1) is 0 Å². The molecule has 0 aliphatic carbocycles. The molecule has 1 aromatic carbocycles. The van der Waals surface area contributed by atoms with Gasteiger partial charge in [-0.2, -0.15) is 0 Å². The Kier molecular flexibility index (Phi) is 4.94. The average molecular weight is 328 g/mol. The van der Waals surface area contributed by atoms with Crippen LogP contribution in [0.25, 0.3) is 10.9 Å². The molecule has 1 N–H and O–H groups in total. The Morgan fingerprint density at radius 1 is 1.33 bits per heavy atom. The van der Waals surface area contributed by atoms with Crippen LogP contribution in [0.4, 0.5) is 0 Å². The molecular weight excluding hydrogens is 304 g/mol. The molecule has 2 aromatic rings. The molecule has 1 atom stereocenters. The predicted molar refractivity (Wildman–Crippen MR) is 94.0 cm³/mol. The summed E-state index contributed by atoms with van der Waals surface area (Å²) in [6.45, 7) is 4.73. The minimum absolute atomic E-state index is 0.116. The number of hydrogen-bond acceptors (Lipinski definition) is 4. The monoisotopic (exact) mass is 328 g/mol. The van der Waals surface area contributed by atoms with Crippen molar-refractivity contribution in [1.29, 1.82) is 0 Å². The largest absolute Gasteiger partial charge is 0.337 e. The third kappa shape index (κ3) is 3.64. The maximum Gasteiger partial charge on any atom is 0.258 e. The van der Waals surface area contributed by atoms with Crippen molar-refractivity contribution in [3.05, 3.63) is 40.4 Å². The first-order valence-electron chi connectivity index (χ1n) is 8.50. The lowest BCUT2D eigenvalue weighted by atomic mass is 10.1. The molecule has 6 nitrogen and oxygen atoms in total.